The molecule has 0 atom stereocenters. The average molecular weight is 430 g/mol. The molecular formula is C21H36FN3O3S. The van der Waals surface area contributed by atoms with E-state index in [9.17, 15) is 12.8 Å². The van der Waals surface area contributed by atoms with E-state index in [2.05, 4.69) is 10.0 Å². The molecule has 0 heterocycles. The van der Waals surface area contributed by atoms with Gasteiger partial charge in [-0.05, 0) is 70.6 Å². The van der Waals surface area contributed by atoms with Gasteiger partial charge in [0.25, 0.3) is 0 Å². The minimum Gasteiger partial charge on any atom is -0.385 e. The zero-order valence-corrected chi connectivity index (χ0v) is 19.1. The SMILES string of the molecule is COCCN(C)c1cc(F)cc(NC[C@H]2CC[C@H](NS(=O)(=O)C(C)(C)C)CC2)c1. The molecule has 1 aromatic rings. The van der Waals surface area contributed by atoms with Crippen LogP contribution in [-0.4, -0.2) is 53.1 Å². The van der Waals surface area contributed by atoms with Gasteiger partial charge in [0.05, 0.1) is 11.4 Å². The third kappa shape index (κ3) is 7.12. The van der Waals surface area contributed by atoms with Crippen LogP contribution in [-0.2, 0) is 14.8 Å². The van der Waals surface area contributed by atoms with Crippen molar-refractivity contribution >= 4 is 21.4 Å². The summed E-state index contributed by atoms with van der Waals surface area (Å²) < 4.78 is 45.8. The van der Waals surface area contributed by atoms with Crippen molar-refractivity contribution < 1.29 is 17.5 Å². The number of methoxy groups -OCH3 is 1. The van der Waals surface area contributed by atoms with E-state index in [-0.39, 0.29) is 11.9 Å². The zero-order chi connectivity index (χ0) is 21.7. The number of ether oxygens (including phenoxy) is 1. The number of rotatable bonds is 9. The Kier molecular flexibility index (Phi) is 8.31. The van der Waals surface area contributed by atoms with Gasteiger partial charge in [-0.2, -0.15) is 0 Å². The fourth-order valence-electron chi connectivity index (χ4n) is 3.40. The Bertz CT molecular complexity index is 757. The molecule has 29 heavy (non-hydrogen) atoms. The molecule has 1 aromatic carbocycles. The standard InChI is InChI=1S/C21H36FN3O3S/c1-21(2,3)29(26,27)24-18-8-6-16(7-9-18)15-23-19-12-17(22)13-20(14-19)25(4)10-11-28-5/h12-14,16,18,23-24H,6-11,15H2,1-5H3/t16-,18-. The number of likely N-dealkylation sites (N-methyl/N-ethyl adjacent to an activating group) is 1. The molecule has 1 aliphatic rings. The van der Waals surface area contributed by atoms with Gasteiger partial charge in [-0.25, -0.2) is 17.5 Å². The molecule has 0 aliphatic heterocycles. The fourth-order valence-corrected chi connectivity index (χ4v) is 4.42. The topological polar surface area (TPSA) is 70.7 Å². The Hall–Kier alpha value is -1.38. The summed E-state index contributed by atoms with van der Waals surface area (Å²) in [6.45, 7) is 7.16. The zero-order valence-electron chi connectivity index (χ0n) is 18.3. The van der Waals surface area contributed by atoms with Crippen LogP contribution in [0.1, 0.15) is 46.5 Å². The smallest absolute Gasteiger partial charge is 0.216 e. The van der Waals surface area contributed by atoms with E-state index >= 15 is 0 Å². The molecule has 2 N–H and O–H groups in total. The van der Waals surface area contributed by atoms with Crippen molar-refractivity contribution in [2.75, 3.05) is 44.1 Å². The van der Waals surface area contributed by atoms with E-state index < -0.39 is 14.8 Å². The predicted octanol–water partition coefficient (Wildman–Crippen LogP) is 3.60. The summed E-state index contributed by atoms with van der Waals surface area (Å²) in [6.07, 6.45) is 3.55. The minimum absolute atomic E-state index is 0.00526. The van der Waals surface area contributed by atoms with Crippen LogP contribution in [0.2, 0.25) is 0 Å². The molecule has 0 radical (unpaired) electrons. The van der Waals surface area contributed by atoms with Crippen LogP contribution in [0.15, 0.2) is 18.2 Å². The second-order valence-electron chi connectivity index (χ2n) is 8.94. The Labute approximate surface area is 175 Å². The lowest BCUT2D eigenvalue weighted by atomic mass is 9.86. The molecule has 0 aromatic heterocycles. The summed E-state index contributed by atoms with van der Waals surface area (Å²) in [6, 6.07) is 4.98. The molecule has 1 aliphatic carbocycles. The van der Waals surface area contributed by atoms with Gasteiger partial charge in [-0.1, -0.05) is 0 Å². The number of sulfonamides is 1. The first kappa shape index (κ1) is 23.9. The lowest BCUT2D eigenvalue weighted by Crippen LogP contribution is -2.46. The Morgan fingerprint density at radius 3 is 2.41 bits per heavy atom. The second-order valence-corrected chi connectivity index (χ2v) is 11.4. The van der Waals surface area contributed by atoms with Gasteiger partial charge in [0.1, 0.15) is 5.82 Å². The van der Waals surface area contributed by atoms with Crippen LogP contribution >= 0.6 is 0 Å². The number of halogens is 1. The highest BCUT2D eigenvalue weighted by molar-refractivity contribution is 7.90. The van der Waals surface area contributed by atoms with Gasteiger partial charge in [0, 0.05) is 44.7 Å². The molecule has 2 rings (SSSR count). The van der Waals surface area contributed by atoms with E-state index in [1.165, 1.54) is 12.1 Å². The number of hydrogen-bond donors (Lipinski definition) is 2. The Morgan fingerprint density at radius 2 is 1.83 bits per heavy atom. The van der Waals surface area contributed by atoms with Crippen molar-refractivity contribution in [2.24, 2.45) is 5.92 Å². The summed E-state index contributed by atoms with van der Waals surface area (Å²) >= 11 is 0. The number of nitrogens with zero attached hydrogens (tertiary/aromatic N) is 1. The molecule has 8 heteroatoms. The third-order valence-corrected chi connectivity index (χ3v) is 7.78. The highest BCUT2D eigenvalue weighted by atomic mass is 32.2. The van der Waals surface area contributed by atoms with E-state index in [1.54, 1.807) is 27.9 Å². The predicted molar refractivity (Wildman–Crippen MR) is 118 cm³/mol. The van der Waals surface area contributed by atoms with Gasteiger partial charge < -0.3 is 15.0 Å². The van der Waals surface area contributed by atoms with Gasteiger partial charge in [0.15, 0.2) is 0 Å². The van der Waals surface area contributed by atoms with Crippen LogP contribution in [0.3, 0.4) is 0 Å². The maximum absolute atomic E-state index is 14.0. The maximum Gasteiger partial charge on any atom is 0.216 e. The summed E-state index contributed by atoms with van der Waals surface area (Å²) in [5.74, 6) is 0.179. The van der Waals surface area contributed by atoms with Crippen LogP contribution in [0.25, 0.3) is 0 Å². The molecule has 1 saturated carbocycles. The maximum atomic E-state index is 14.0. The number of hydrogen-bond acceptors (Lipinski definition) is 5. The molecule has 166 valence electrons. The molecule has 0 amide bonds. The molecule has 6 nitrogen and oxygen atoms in total. The fraction of sp³-hybridized carbons (Fsp3) is 0.714. The summed E-state index contributed by atoms with van der Waals surface area (Å²) in [5, 5.41) is 3.36. The highest BCUT2D eigenvalue weighted by Gasteiger charge is 2.32. The first-order chi connectivity index (χ1) is 13.5. The monoisotopic (exact) mass is 429 g/mol. The summed E-state index contributed by atoms with van der Waals surface area (Å²) in [7, 11) is 0.247. The van der Waals surface area contributed by atoms with Crippen molar-refractivity contribution in [1.82, 2.24) is 4.72 Å². The van der Waals surface area contributed by atoms with Crippen molar-refractivity contribution in [3.63, 3.8) is 0 Å². The van der Waals surface area contributed by atoms with E-state index in [4.69, 9.17) is 4.74 Å². The number of anilines is 2. The molecule has 0 saturated heterocycles. The quantitative estimate of drug-likeness (QED) is 0.628. The van der Waals surface area contributed by atoms with Gasteiger partial charge in [-0.15, -0.1) is 0 Å². The van der Waals surface area contributed by atoms with E-state index in [1.807, 2.05) is 18.0 Å². The van der Waals surface area contributed by atoms with E-state index in [0.29, 0.717) is 19.1 Å². The molecule has 1 fully saturated rings. The lowest BCUT2D eigenvalue weighted by Gasteiger charge is -2.31. The Balaban J connectivity index is 1.85. The lowest BCUT2D eigenvalue weighted by molar-refractivity contribution is 0.206. The summed E-state index contributed by atoms with van der Waals surface area (Å²) in [4.78, 5) is 1.96. The number of nitrogens with one attached hydrogen (secondary N) is 2. The summed E-state index contributed by atoms with van der Waals surface area (Å²) in [5.41, 5.74) is 1.57. The van der Waals surface area contributed by atoms with Crippen molar-refractivity contribution in [1.29, 1.82) is 0 Å². The normalized spacial score (nSPS) is 20.5. The molecule has 0 unspecified atom stereocenters. The van der Waals surface area contributed by atoms with Gasteiger partial charge in [-0.3, -0.25) is 0 Å². The molecule has 0 bridgehead atoms. The number of benzene rings is 1. The first-order valence-electron chi connectivity index (χ1n) is 10.3. The Morgan fingerprint density at radius 1 is 1.17 bits per heavy atom. The largest absolute Gasteiger partial charge is 0.385 e. The van der Waals surface area contributed by atoms with Gasteiger partial charge in [0.2, 0.25) is 10.0 Å². The van der Waals surface area contributed by atoms with Crippen LogP contribution in [0.5, 0.6) is 0 Å². The molecular weight excluding hydrogens is 393 g/mol. The molecule has 0 spiro atoms. The van der Waals surface area contributed by atoms with Crippen LogP contribution in [0, 0.1) is 11.7 Å². The third-order valence-electron chi connectivity index (χ3n) is 5.52. The van der Waals surface area contributed by atoms with Crippen LogP contribution in [0.4, 0.5) is 15.8 Å². The van der Waals surface area contributed by atoms with Gasteiger partial charge >= 0.3 is 0 Å². The van der Waals surface area contributed by atoms with Crippen molar-refractivity contribution in [3.8, 4) is 0 Å². The average Bonchev–Trinajstić information content (AvgIpc) is 2.64. The van der Waals surface area contributed by atoms with Crippen molar-refractivity contribution in [3.05, 3.63) is 24.0 Å². The second kappa shape index (κ2) is 10.1. The van der Waals surface area contributed by atoms with E-state index in [0.717, 1.165) is 43.6 Å². The van der Waals surface area contributed by atoms with Crippen LogP contribution < -0.4 is 14.9 Å². The first-order valence-corrected chi connectivity index (χ1v) is 11.8. The highest BCUT2D eigenvalue weighted by Crippen LogP contribution is 2.27. The van der Waals surface area contributed by atoms with Crippen molar-refractivity contribution in [2.45, 2.75) is 57.2 Å². The minimum atomic E-state index is -3.32.